The Morgan fingerprint density at radius 1 is 0.815 bits per heavy atom. The third-order valence-electron chi connectivity index (χ3n) is 6.41. The molecule has 0 aromatic carbocycles. The van der Waals surface area contributed by atoms with Crippen LogP contribution in [0.15, 0.2) is 0 Å². The quantitative estimate of drug-likeness (QED) is 0.319. The fourth-order valence-corrected chi connectivity index (χ4v) is 4.43. The van der Waals surface area contributed by atoms with E-state index in [1.807, 2.05) is 0 Å². The summed E-state index contributed by atoms with van der Waals surface area (Å²) >= 11 is 0. The van der Waals surface area contributed by atoms with Gasteiger partial charge in [-0.3, -0.25) is 4.90 Å². The highest BCUT2D eigenvalue weighted by Crippen LogP contribution is 2.21. The lowest BCUT2D eigenvalue weighted by Gasteiger charge is -2.45. The van der Waals surface area contributed by atoms with Gasteiger partial charge in [-0.1, -0.05) is 105 Å². The van der Waals surface area contributed by atoms with Crippen molar-refractivity contribution in [2.24, 2.45) is 11.7 Å². The van der Waals surface area contributed by atoms with Gasteiger partial charge in [0.25, 0.3) is 0 Å². The molecule has 3 atom stereocenters. The third-order valence-corrected chi connectivity index (χ3v) is 6.41. The van der Waals surface area contributed by atoms with Crippen LogP contribution in [-0.4, -0.2) is 36.2 Å². The van der Waals surface area contributed by atoms with E-state index in [4.69, 9.17) is 5.73 Å². The molecule has 1 heterocycles. The standard InChI is InChI=1S/C24H51N3/c1-5-7-9-11-13-15-17-22-20-27(24(25)21(3)4)23(19-26-22)18-16-14-12-10-8-6-2/h21-24,26H,5-20,25H2,1-4H3. The molecule has 1 rings (SSSR count). The summed E-state index contributed by atoms with van der Waals surface area (Å²) in [6.07, 6.45) is 19.5. The Morgan fingerprint density at radius 2 is 1.33 bits per heavy atom. The molecule has 0 amide bonds. The van der Waals surface area contributed by atoms with E-state index in [9.17, 15) is 0 Å². The van der Waals surface area contributed by atoms with Crippen LogP contribution in [0.4, 0.5) is 0 Å². The minimum atomic E-state index is 0.212. The summed E-state index contributed by atoms with van der Waals surface area (Å²) in [5.41, 5.74) is 6.62. The van der Waals surface area contributed by atoms with Crippen LogP contribution >= 0.6 is 0 Å². The number of hydrogen-bond acceptors (Lipinski definition) is 3. The Hall–Kier alpha value is -0.120. The smallest absolute Gasteiger partial charge is 0.0599 e. The van der Waals surface area contributed by atoms with Gasteiger partial charge in [0.2, 0.25) is 0 Å². The summed E-state index contributed by atoms with van der Waals surface area (Å²) in [6, 6.07) is 1.27. The summed E-state index contributed by atoms with van der Waals surface area (Å²) in [6.45, 7) is 11.4. The second kappa shape index (κ2) is 15.8. The molecule has 0 aromatic rings. The largest absolute Gasteiger partial charge is 0.316 e. The molecule has 3 unspecified atom stereocenters. The normalized spacial score (nSPS) is 22.4. The van der Waals surface area contributed by atoms with Gasteiger partial charge in [-0.15, -0.1) is 0 Å². The van der Waals surface area contributed by atoms with E-state index in [-0.39, 0.29) is 6.17 Å². The van der Waals surface area contributed by atoms with Gasteiger partial charge in [0, 0.05) is 25.2 Å². The Balaban J connectivity index is 2.34. The lowest BCUT2D eigenvalue weighted by atomic mass is 9.96. The Labute approximate surface area is 171 Å². The molecule has 3 nitrogen and oxygen atoms in total. The van der Waals surface area contributed by atoms with E-state index >= 15 is 0 Å². The molecule has 0 spiro atoms. The predicted molar refractivity (Wildman–Crippen MR) is 121 cm³/mol. The molecular weight excluding hydrogens is 330 g/mol. The molecule has 0 bridgehead atoms. The number of rotatable bonds is 16. The van der Waals surface area contributed by atoms with Crippen molar-refractivity contribution in [1.82, 2.24) is 10.2 Å². The highest BCUT2D eigenvalue weighted by molar-refractivity contribution is 4.89. The Bertz CT molecular complexity index is 332. The molecule has 3 heteroatoms. The SMILES string of the molecule is CCCCCCCCC1CN(C(N)C(C)C)C(CCCCCCCC)CN1. The molecule has 1 aliphatic rings. The fraction of sp³-hybridized carbons (Fsp3) is 1.00. The molecule has 1 fully saturated rings. The van der Waals surface area contributed by atoms with E-state index in [0.29, 0.717) is 18.0 Å². The summed E-state index contributed by atoms with van der Waals surface area (Å²) < 4.78 is 0. The van der Waals surface area contributed by atoms with Crippen LogP contribution in [-0.2, 0) is 0 Å². The van der Waals surface area contributed by atoms with Gasteiger partial charge in [-0.2, -0.15) is 0 Å². The van der Waals surface area contributed by atoms with Crippen LogP contribution in [0.1, 0.15) is 118 Å². The van der Waals surface area contributed by atoms with Gasteiger partial charge in [-0.05, 0) is 18.8 Å². The topological polar surface area (TPSA) is 41.3 Å². The van der Waals surface area contributed by atoms with Crippen molar-refractivity contribution >= 4 is 0 Å². The molecule has 1 aliphatic heterocycles. The van der Waals surface area contributed by atoms with Crippen molar-refractivity contribution in [3.8, 4) is 0 Å². The minimum absolute atomic E-state index is 0.212. The molecule has 162 valence electrons. The van der Waals surface area contributed by atoms with E-state index < -0.39 is 0 Å². The van der Waals surface area contributed by atoms with Gasteiger partial charge in [0.15, 0.2) is 0 Å². The summed E-state index contributed by atoms with van der Waals surface area (Å²) in [7, 11) is 0. The number of nitrogens with zero attached hydrogens (tertiary/aromatic N) is 1. The predicted octanol–water partition coefficient (Wildman–Crippen LogP) is 6.07. The summed E-state index contributed by atoms with van der Waals surface area (Å²) in [5, 5.41) is 3.86. The first-order valence-electron chi connectivity index (χ1n) is 12.3. The number of nitrogens with one attached hydrogen (secondary N) is 1. The highest BCUT2D eigenvalue weighted by atomic mass is 15.3. The van der Waals surface area contributed by atoms with Gasteiger partial charge >= 0.3 is 0 Å². The zero-order valence-corrected chi connectivity index (χ0v) is 19.1. The van der Waals surface area contributed by atoms with Crippen LogP contribution < -0.4 is 11.1 Å². The maximum absolute atomic E-state index is 6.62. The first-order chi connectivity index (χ1) is 13.1. The molecule has 0 aliphatic carbocycles. The molecule has 0 radical (unpaired) electrons. The molecule has 1 saturated heterocycles. The van der Waals surface area contributed by atoms with E-state index in [1.165, 1.54) is 89.9 Å². The second-order valence-electron chi connectivity index (χ2n) is 9.30. The van der Waals surface area contributed by atoms with Crippen molar-refractivity contribution < 1.29 is 0 Å². The number of nitrogens with two attached hydrogens (primary N) is 1. The van der Waals surface area contributed by atoms with Gasteiger partial charge < -0.3 is 11.1 Å². The van der Waals surface area contributed by atoms with Crippen molar-refractivity contribution in [2.75, 3.05) is 13.1 Å². The van der Waals surface area contributed by atoms with Crippen molar-refractivity contribution in [1.29, 1.82) is 0 Å². The van der Waals surface area contributed by atoms with Gasteiger partial charge in [0.05, 0.1) is 6.17 Å². The lowest BCUT2D eigenvalue weighted by Crippen LogP contribution is -2.62. The maximum atomic E-state index is 6.62. The molecule has 0 aromatic heterocycles. The molecule has 3 N–H and O–H groups in total. The fourth-order valence-electron chi connectivity index (χ4n) is 4.43. The van der Waals surface area contributed by atoms with Crippen LogP contribution in [0.2, 0.25) is 0 Å². The zero-order chi connectivity index (χ0) is 19.9. The number of hydrogen-bond donors (Lipinski definition) is 2. The number of piperazine rings is 1. The monoisotopic (exact) mass is 381 g/mol. The second-order valence-corrected chi connectivity index (χ2v) is 9.30. The summed E-state index contributed by atoms with van der Waals surface area (Å²) in [4.78, 5) is 2.65. The summed E-state index contributed by atoms with van der Waals surface area (Å²) in [5.74, 6) is 0.532. The average molecular weight is 382 g/mol. The highest BCUT2D eigenvalue weighted by Gasteiger charge is 2.31. The van der Waals surface area contributed by atoms with Crippen molar-refractivity contribution in [2.45, 2.75) is 136 Å². The van der Waals surface area contributed by atoms with Crippen molar-refractivity contribution in [3.63, 3.8) is 0 Å². The maximum Gasteiger partial charge on any atom is 0.0599 e. The Morgan fingerprint density at radius 3 is 1.89 bits per heavy atom. The van der Waals surface area contributed by atoms with E-state index in [1.54, 1.807) is 0 Å². The van der Waals surface area contributed by atoms with Crippen molar-refractivity contribution in [3.05, 3.63) is 0 Å². The van der Waals surface area contributed by atoms with E-state index in [0.717, 1.165) is 13.1 Å². The van der Waals surface area contributed by atoms with Crippen LogP contribution in [0.5, 0.6) is 0 Å². The minimum Gasteiger partial charge on any atom is -0.316 e. The Kier molecular flexibility index (Phi) is 14.5. The third kappa shape index (κ3) is 10.9. The van der Waals surface area contributed by atoms with Gasteiger partial charge in [-0.25, -0.2) is 0 Å². The van der Waals surface area contributed by atoms with Crippen LogP contribution in [0.25, 0.3) is 0 Å². The first-order valence-corrected chi connectivity index (χ1v) is 12.3. The van der Waals surface area contributed by atoms with E-state index in [2.05, 4.69) is 37.9 Å². The molecule has 27 heavy (non-hydrogen) atoms. The lowest BCUT2D eigenvalue weighted by molar-refractivity contribution is 0.0530. The van der Waals surface area contributed by atoms with Crippen LogP contribution in [0, 0.1) is 5.92 Å². The van der Waals surface area contributed by atoms with Crippen LogP contribution in [0.3, 0.4) is 0 Å². The first kappa shape index (κ1) is 24.9. The average Bonchev–Trinajstić information content (AvgIpc) is 2.67. The zero-order valence-electron chi connectivity index (χ0n) is 19.1. The molecule has 0 saturated carbocycles. The molecular formula is C24H51N3. The van der Waals surface area contributed by atoms with Gasteiger partial charge in [0.1, 0.15) is 0 Å². The number of unbranched alkanes of at least 4 members (excludes halogenated alkanes) is 10.